The van der Waals surface area contributed by atoms with Crippen LogP contribution in [0, 0.1) is 18.6 Å². The molecule has 0 aromatic heterocycles. The number of carbonyl (C=O) groups is 2. The maximum Gasteiger partial charge on any atom is 0.242 e. The van der Waals surface area contributed by atoms with E-state index in [-0.39, 0.29) is 49.5 Å². The molecule has 0 unspecified atom stereocenters. The van der Waals surface area contributed by atoms with Crippen molar-refractivity contribution in [1.82, 2.24) is 10.2 Å². The first-order valence-corrected chi connectivity index (χ1v) is 13.8. The Kier molecular flexibility index (Phi) is 10.4. The minimum Gasteiger partial charge on any atom is -0.352 e. The highest BCUT2D eigenvalue weighted by atomic mass is 32.2. The van der Waals surface area contributed by atoms with Gasteiger partial charge in [0.15, 0.2) is 11.6 Å². The van der Waals surface area contributed by atoms with Gasteiger partial charge in [0.2, 0.25) is 21.8 Å². The van der Waals surface area contributed by atoms with Crippen LogP contribution >= 0.6 is 0 Å². The van der Waals surface area contributed by atoms with Crippen LogP contribution in [0.25, 0.3) is 0 Å². The highest BCUT2D eigenvalue weighted by molar-refractivity contribution is 7.92. The first kappa shape index (κ1) is 29.2. The van der Waals surface area contributed by atoms with Crippen LogP contribution in [0.1, 0.15) is 51.2 Å². The summed E-state index contributed by atoms with van der Waals surface area (Å²) in [7, 11) is -3.81. The molecule has 0 bridgehead atoms. The van der Waals surface area contributed by atoms with Gasteiger partial charge in [0, 0.05) is 31.6 Å². The second-order valence-electron chi connectivity index (χ2n) is 9.04. The first-order valence-electron chi connectivity index (χ1n) is 11.9. The number of nitrogens with one attached hydrogen (secondary N) is 1. The van der Waals surface area contributed by atoms with Gasteiger partial charge in [-0.1, -0.05) is 36.8 Å². The predicted molar refractivity (Wildman–Crippen MR) is 137 cm³/mol. The van der Waals surface area contributed by atoms with Crippen molar-refractivity contribution in [3.8, 4) is 0 Å². The highest BCUT2D eigenvalue weighted by Gasteiger charge is 2.27. The van der Waals surface area contributed by atoms with Gasteiger partial charge in [-0.3, -0.25) is 13.9 Å². The van der Waals surface area contributed by atoms with Crippen molar-refractivity contribution in [2.45, 2.75) is 65.6 Å². The molecule has 2 atom stereocenters. The average molecular weight is 524 g/mol. The number of anilines is 1. The van der Waals surface area contributed by atoms with Crippen LogP contribution in [0.4, 0.5) is 14.5 Å². The number of amides is 2. The van der Waals surface area contributed by atoms with E-state index >= 15 is 0 Å². The van der Waals surface area contributed by atoms with Gasteiger partial charge >= 0.3 is 0 Å². The van der Waals surface area contributed by atoms with Crippen LogP contribution in [0.5, 0.6) is 0 Å². The molecule has 2 amide bonds. The summed E-state index contributed by atoms with van der Waals surface area (Å²) < 4.78 is 52.6. The van der Waals surface area contributed by atoms with E-state index in [0.717, 1.165) is 40.2 Å². The number of nitrogens with zero attached hydrogens (tertiary/aromatic N) is 2. The molecule has 198 valence electrons. The number of sulfonamides is 1. The van der Waals surface area contributed by atoms with E-state index in [1.165, 1.54) is 11.0 Å². The summed E-state index contributed by atoms with van der Waals surface area (Å²) in [6.45, 7) is 7.54. The number of aryl methyl sites for hydroxylation is 1. The molecule has 2 aromatic carbocycles. The van der Waals surface area contributed by atoms with E-state index in [1.807, 2.05) is 45.0 Å². The SMILES string of the molecule is CC[C@H](C)NC(=O)[C@H](C)N(Cc1cccc(C)c1)C(=O)CCCN(c1ccc(F)c(F)c1)S(C)(=O)=O. The molecule has 0 spiro atoms. The number of rotatable bonds is 12. The van der Waals surface area contributed by atoms with E-state index in [4.69, 9.17) is 0 Å². The Morgan fingerprint density at radius 1 is 1.06 bits per heavy atom. The zero-order valence-electron chi connectivity index (χ0n) is 21.4. The Hall–Kier alpha value is -3.01. The van der Waals surface area contributed by atoms with E-state index in [0.29, 0.717) is 0 Å². The van der Waals surface area contributed by atoms with Crippen molar-refractivity contribution in [2.75, 3.05) is 17.1 Å². The van der Waals surface area contributed by atoms with Crippen LogP contribution in [0.15, 0.2) is 42.5 Å². The maximum absolute atomic E-state index is 13.7. The minimum atomic E-state index is -3.81. The number of benzene rings is 2. The lowest BCUT2D eigenvalue weighted by molar-refractivity contribution is -0.140. The Morgan fingerprint density at radius 2 is 1.75 bits per heavy atom. The molecule has 0 saturated carbocycles. The van der Waals surface area contributed by atoms with Crippen molar-refractivity contribution in [2.24, 2.45) is 0 Å². The van der Waals surface area contributed by atoms with E-state index in [9.17, 15) is 26.8 Å². The Bertz CT molecular complexity index is 1170. The topological polar surface area (TPSA) is 86.8 Å². The summed E-state index contributed by atoms with van der Waals surface area (Å²) in [4.78, 5) is 27.6. The van der Waals surface area contributed by atoms with Gasteiger partial charge < -0.3 is 10.2 Å². The Balaban J connectivity index is 2.19. The molecule has 7 nitrogen and oxygen atoms in total. The molecule has 2 rings (SSSR count). The third-order valence-electron chi connectivity index (χ3n) is 5.95. The lowest BCUT2D eigenvalue weighted by Gasteiger charge is -2.30. The normalized spacial score (nSPS) is 13.1. The van der Waals surface area contributed by atoms with Gasteiger partial charge in [0.05, 0.1) is 11.9 Å². The van der Waals surface area contributed by atoms with Gasteiger partial charge in [-0.15, -0.1) is 0 Å². The fourth-order valence-electron chi connectivity index (χ4n) is 3.70. The molecular formula is C26H35F2N3O4S. The summed E-state index contributed by atoms with van der Waals surface area (Å²) in [5.74, 6) is -2.84. The van der Waals surface area contributed by atoms with E-state index in [2.05, 4.69) is 5.32 Å². The highest BCUT2D eigenvalue weighted by Crippen LogP contribution is 2.22. The monoisotopic (exact) mass is 523 g/mol. The van der Waals surface area contributed by atoms with Crippen molar-refractivity contribution in [1.29, 1.82) is 0 Å². The number of carbonyl (C=O) groups excluding carboxylic acids is 2. The third kappa shape index (κ3) is 8.29. The van der Waals surface area contributed by atoms with Crippen LogP contribution in [-0.2, 0) is 26.2 Å². The standard InChI is InChI=1S/C26H35F2N3O4S/c1-6-19(3)29-26(33)20(4)30(17-21-10-7-9-18(2)15-21)25(32)11-8-14-31(36(5,34)35)22-12-13-23(27)24(28)16-22/h7,9-10,12-13,15-16,19-20H,6,8,11,14,17H2,1-5H3,(H,29,33)/t19-,20-/m0/s1. The van der Waals surface area contributed by atoms with Gasteiger partial charge in [-0.05, 0) is 51.3 Å². The van der Waals surface area contributed by atoms with Gasteiger partial charge in [0.25, 0.3) is 0 Å². The quantitative estimate of drug-likeness (QED) is 0.453. The van der Waals surface area contributed by atoms with Gasteiger partial charge in [-0.2, -0.15) is 0 Å². The van der Waals surface area contributed by atoms with Crippen LogP contribution in [-0.4, -0.2) is 50.0 Å². The molecule has 0 heterocycles. The Morgan fingerprint density at radius 3 is 2.33 bits per heavy atom. The second kappa shape index (κ2) is 12.8. The largest absolute Gasteiger partial charge is 0.352 e. The third-order valence-corrected chi connectivity index (χ3v) is 7.14. The van der Waals surface area contributed by atoms with E-state index < -0.39 is 27.7 Å². The molecule has 0 aliphatic heterocycles. The van der Waals surface area contributed by atoms with Crippen LogP contribution in [0.2, 0.25) is 0 Å². The fourth-order valence-corrected chi connectivity index (χ4v) is 4.66. The van der Waals surface area contributed by atoms with Crippen molar-refractivity contribution in [3.63, 3.8) is 0 Å². The molecule has 1 N–H and O–H groups in total. The molecule has 0 fully saturated rings. The average Bonchev–Trinajstić information content (AvgIpc) is 2.80. The molecule has 0 radical (unpaired) electrons. The smallest absolute Gasteiger partial charge is 0.242 e. The molecular weight excluding hydrogens is 488 g/mol. The Labute approximate surface area is 212 Å². The fraction of sp³-hybridized carbons (Fsp3) is 0.462. The summed E-state index contributed by atoms with van der Waals surface area (Å²) >= 11 is 0. The maximum atomic E-state index is 13.7. The zero-order valence-corrected chi connectivity index (χ0v) is 22.2. The summed E-state index contributed by atoms with van der Waals surface area (Å²) in [6.07, 6.45) is 1.79. The molecule has 0 aliphatic rings. The number of hydrogen-bond acceptors (Lipinski definition) is 4. The summed E-state index contributed by atoms with van der Waals surface area (Å²) in [6, 6.07) is 9.68. The van der Waals surface area contributed by atoms with Crippen molar-refractivity contribution < 1.29 is 26.8 Å². The van der Waals surface area contributed by atoms with Crippen LogP contribution < -0.4 is 9.62 Å². The minimum absolute atomic E-state index is 0.0261. The second-order valence-corrected chi connectivity index (χ2v) is 10.9. The molecule has 10 heteroatoms. The van der Waals surface area contributed by atoms with Gasteiger partial charge in [-0.25, -0.2) is 17.2 Å². The molecule has 0 aliphatic carbocycles. The summed E-state index contributed by atoms with van der Waals surface area (Å²) in [5, 5.41) is 2.90. The molecule has 0 saturated heterocycles. The number of halogens is 2. The number of hydrogen-bond donors (Lipinski definition) is 1. The predicted octanol–water partition coefficient (Wildman–Crippen LogP) is 4.15. The van der Waals surface area contributed by atoms with E-state index in [1.54, 1.807) is 6.92 Å². The van der Waals surface area contributed by atoms with Gasteiger partial charge in [0.1, 0.15) is 6.04 Å². The first-order chi connectivity index (χ1) is 16.8. The van der Waals surface area contributed by atoms with Crippen molar-refractivity contribution in [3.05, 3.63) is 65.2 Å². The molecule has 36 heavy (non-hydrogen) atoms. The summed E-state index contributed by atoms with van der Waals surface area (Å²) in [5.41, 5.74) is 1.86. The van der Waals surface area contributed by atoms with Crippen molar-refractivity contribution >= 4 is 27.5 Å². The lowest BCUT2D eigenvalue weighted by Crippen LogP contribution is -2.49. The van der Waals surface area contributed by atoms with Crippen LogP contribution in [0.3, 0.4) is 0 Å². The zero-order chi connectivity index (χ0) is 27.0. The molecule has 2 aromatic rings. The lowest BCUT2D eigenvalue weighted by atomic mass is 10.1.